The van der Waals surface area contributed by atoms with Crippen LogP contribution in [0.4, 0.5) is 11.5 Å². The first-order chi connectivity index (χ1) is 16.0. The number of nitrogens with one attached hydrogen (secondary N) is 1. The Hall–Kier alpha value is -3.52. The van der Waals surface area contributed by atoms with Crippen LogP contribution in [-0.4, -0.2) is 74.4 Å². The van der Waals surface area contributed by atoms with Crippen LogP contribution in [0.3, 0.4) is 0 Å². The molecule has 0 bridgehead atoms. The molecule has 2 heterocycles. The molecule has 1 aliphatic rings. The number of hydrogen-bond donors (Lipinski definition) is 1. The lowest BCUT2D eigenvalue weighted by atomic mass is 10.0. The number of carbonyl (C=O) groups is 1. The number of anilines is 2. The molecule has 8 heteroatoms. The highest BCUT2D eigenvalue weighted by Crippen LogP contribution is 2.29. The molecule has 172 valence electrons. The normalized spacial score (nSPS) is 15.1. The second-order valence-corrected chi connectivity index (χ2v) is 8.34. The maximum atomic E-state index is 12.8. The summed E-state index contributed by atoms with van der Waals surface area (Å²) in [5.41, 5.74) is 5.00. The molecule has 1 aromatic heterocycles. The summed E-state index contributed by atoms with van der Waals surface area (Å²) in [5, 5.41) is 3.56. The highest BCUT2D eigenvalue weighted by molar-refractivity contribution is 5.98. The third kappa shape index (κ3) is 5.12. The van der Waals surface area contributed by atoms with E-state index in [2.05, 4.69) is 27.1 Å². The van der Waals surface area contributed by atoms with Crippen molar-refractivity contribution in [1.29, 1.82) is 0 Å². The Kier molecular flexibility index (Phi) is 6.84. The van der Waals surface area contributed by atoms with Crippen molar-refractivity contribution in [2.24, 2.45) is 4.99 Å². The number of carbonyl (C=O) groups excluding carboxylic acids is 1. The van der Waals surface area contributed by atoms with Crippen LogP contribution in [0, 0.1) is 0 Å². The van der Waals surface area contributed by atoms with Gasteiger partial charge in [-0.2, -0.15) is 0 Å². The van der Waals surface area contributed by atoms with Crippen molar-refractivity contribution in [3.8, 4) is 0 Å². The molecule has 1 amide bonds. The zero-order valence-electron chi connectivity index (χ0n) is 19.6. The van der Waals surface area contributed by atoms with Crippen LogP contribution in [0.25, 0.3) is 11.0 Å². The molecule has 33 heavy (non-hydrogen) atoms. The van der Waals surface area contributed by atoms with Gasteiger partial charge in [-0.05, 0) is 36.8 Å². The average molecular weight is 447 g/mol. The van der Waals surface area contributed by atoms with Crippen molar-refractivity contribution in [3.63, 3.8) is 0 Å². The fourth-order valence-electron chi connectivity index (χ4n) is 3.97. The Labute approximate surface area is 194 Å². The lowest BCUT2D eigenvalue weighted by Gasteiger charge is -2.28. The number of benzene rings is 2. The topological polar surface area (TPSA) is 83.0 Å². The minimum absolute atomic E-state index is 0.0643. The molecule has 1 unspecified atom stereocenters. The van der Waals surface area contributed by atoms with Crippen LogP contribution < -0.4 is 10.2 Å². The maximum absolute atomic E-state index is 12.8. The standard InChI is InChI=1S/C25H30N6O2/c1-17(28-20-7-5-6-18(12-20)15-26-2)21-13-19(25(32)30(3)4)14-22-24(21)29-23(16-27-22)31-8-10-33-11-9-31/h5-7,12-17,28H,8-11H2,1-4H3/b26-15-. The molecule has 0 spiro atoms. The van der Waals surface area contributed by atoms with Gasteiger partial charge in [-0.25, -0.2) is 4.98 Å². The first kappa shape index (κ1) is 22.7. The summed E-state index contributed by atoms with van der Waals surface area (Å²) in [5.74, 6) is 0.762. The van der Waals surface area contributed by atoms with Gasteiger partial charge >= 0.3 is 0 Å². The van der Waals surface area contributed by atoms with E-state index in [-0.39, 0.29) is 11.9 Å². The molecule has 1 saturated heterocycles. The summed E-state index contributed by atoms with van der Waals surface area (Å²) < 4.78 is 5.48. The molecule has 1 N–H and O–H groups in total. The number of morpholine rings is 1. The van der Waals surface area contributed by atoms with E-state index in [0.717, 1.165) is 41.2 Å². The number of aromatic nitrogens is 2. The number of aliphatic imine (C=N–C) groups is 1. The third-order valence-electron chi connectivity index (χ3n) is 5.67. The Bertz CT molecular complexity index is 1170. The SMILES string of the molecule is C/N=C\c1cccc(NC(C)c2cc(C(=O)N(C)C)cc3ncc(N4CCOCC4)nc23)c1. The van der Waals surface area contributed by atoms with Gasteiger partial charge in [0.1, 0.15) is 5.82 Å². The van der Waals surface area contributed by atoms with Gasteiger partial charge in [-0.15, -0.1) is 0 Å². The molecule has 8 nitrogen and oxygen atoms in total. The molecule has 3 aromatic rings. The molecule has 2 aromatic carbocycles. The van der Waals surface area contributed by atoms with E-state index >= 15 is 0 Å². The van der Waals surface area contributed by atoms with Crippen molar-refractivity contribution in [1.82, 2.24) is 14.9 Å². The minimum atomic E-state index is -0.106. The molecule has 1 atom stereocenters. The van der Waals surface area contributed by atoms with E-state index in [4.69, 9.17) is 9.72 Å². The first-order valence-corrected chi connectivity index (χ1v) is 11.1. The minimum Gasteiger partial charge on any atom is -0.378 e. The van der Waals surface area contributed by atoms with E-state index < -0.39 is 0 Å². The number of hydrogen-bond acceptors (Lipinski definition) is 7. The van der Waals surface area contributed by atoms with Crippen molar-refractivity contribution in [2.45, 2.75) is 13.0 Å². The van der Waals surface area contributed by atoms with Gasteiger partial charge in [-0.3, -0.25) is 14.8 Å². The predicted octanol–water partition coefficient (Wildman–Crippen LogP) is 3.39. The average Bonchev–Trinajstić information content (AvgIpc) is 2.83. The van der Waals surface area contributed by atoms with Crippen molar-refractivity contribution in [3.05, 3.63) is 59.3 Å². The molecular formula is C25H30N6O2. The highest BCUT2D eigenvalue weighted by atomic mass is 16.5. The van der Waals surface area contributed by atoms with Crippen LogP contribution in [0.5, 0.6) is 0 Å². The number of rotatable bonds is 6. The molecule has 0 saturated carbocycles. The van der Waals surface area contributed by atoms with Crippen LogP contribution >= 0.6 is 0 Å². The third-order valence-corrected chi connectivity index (χ3v) is 5.67. The van der Waals surface area contributed by atoms with E-state index in [1.54, 1.807) is 32.2 Å². The number of amides is 1. The predicted molar refractivity (Wildman–Crippen MR) is 133 cm³/mol. The lowest BCUT2D eigenvalue weighted by Crippen LogP contribution is -2.36. The molecule has 4 rings (SSSR count). The van der Waals surface area contributed by atoms with Crippen molar-refractivity contribution < 1.29 is 9.53 Å². The van der Waals surface area contributed by atoms with Crippen LogP contribution in [0.1, 0.15) is 34.5 Å². The van der Waals surface area contributed by atoms with Crippen molar-refractivity contribution >= 4 is 34.7 Å². The summed E-state index contributed by atoms with van der Waals surface area (Å²) in [6.07, 6.45) is 3.61. The van der Waals surface area contributed by atoms with Gasteiger partial charge < -0.3 is 19.9 Å². The molecular weight excluding hydrogens is 416 g/mol. The zero-order valence-corrected chi connectivity index (χ0v) is 19.6. The molecule has 0 aliphatic carbocycles. The fraction of sp³-hybridized carbons (Fsp3) is 0.360. The van der Waals surface area contributed by atoms with E-state index in [9.17, 15) is 4.79 Å². The first-order valence-electron chi connectivity index (χ1n) is 11.1. The molecule has 0 radical (unpaired) electrons. The van der Waals surface area contributed by atoms with E-state index in [0.29, 0.717) is 24.3 Å². The van der Waals surface area contributed by atoms with E-state index in [1.165, 1.54) is 0 Å². The summed E-state index contributed by atoms with van der Waals surface area (Å²) in [6.45, 7) is 5.00. The molecule has 1 aliphatic heterocycles. The second kappa shape index (κ2) is 9.95. The van der Waals surface area contributed by atoms with Gasteiger partial charge in [0.15, 0.2) is 0 Å². The van der Waals surface area contributed by atoms with Crippen LogP contribution in [-0.2, 0) is 4.74 Å². The smallest absolute Gasteiger partial charge is 0.253 e. The number of nitrogens with zero attached hydrogens (tertiary/aromatic N) is 5. The van der Waals surface area contributed by atoms with Crippen molar-refractivity contribution in [2.75, 3.05) is 57.7 Å². The lowest BCUT2D eigenvalue weighted by molar-refractivity contribution is 0.0827. The number of fused-ring (bicyclic) bond motifs is 1. The quantitative estimate of drug-likeness (QED) is 0.585. The van der Waals surface area contributed by atoms with Crippen LogP contribution in [0.15, 0.2) is 47.6 Å². The second-order valence-electron chi connectivity index (χ2n) is 8.34. The van der Waals surface area contributed by atoms with E-state index in [1.807, 2.05) is 42.6 Å². The van der Waals surface area contributed by atoms with Gasteiger partial charge in [0, 0.05) is 57.3 Å². The Balaban J connectivity index is 1.76. The van der Waals surface area contributed by atoms with Gasteiger partial charge in [0.2, 0.25) is 0 Å². The monoisotopic (exact) mass is 446 g/mol. The summed E-state index contributed by atoms with van der Waals surface area (Å²) in [6, 6.07) is 11.7. The Morgan fingerprint density at radius 1 is 1.24 bits per heavy atom. The fourth-order valence-corrected chi connectivity index (χ4v) is 3.97. The van der Waals surface area contributed by atoms with Gasteiger partial charge in [0.25, 0.3) is 5.91 Å². The Morgan fingerprint density at radius 3 is 2.76 bits per heavy atom. The summed E-state index contributed by atoms with van der Waals surface area (Å²) in [7, 11) is 5.26. The Morgan fingerprint density at radius 2 is 2.03 bits per heavy atom. The summed E-state index contributed by atoms with van der Waals surface area (Å²) in [4.78, 5) is 30.3. The largest absolute Gasteiger partial charge is 0.378 e. The molecule has 1 fully saturated rings. The highest BCUT2D eigenvalue weighted by Gasteiger charge is 2.20. The van der Waals surface area contributed by atoms with Gasteiger partial charge in [0.05, 0.1) is 36.5 Å². The van der Waals surface area contributed by atoms with Gasteiger partial charge in [-0.1, -0.05) is 12.1 Å². The zero-order chi connectivity index (χ0) is 23.4. The summed E-state index contributed by atoms with van der Waals surface area (Å²) >= 11 is 0. The maximum Gasteiger partial charge on any atom is 0.253 e. The number of ether oxygens (including phenoxy) is 1. The van der Waals surface area contributed by atoms with Crippen LogP contribution in [0.2, 0.25) is 0 Å².